The van der Waals surface area contributed by atoms with Gasteiger partial charge >= 0.3 is 0 Å². The van der Waals surface area contributed by atoms with E-state index in [0.29, 0.717) is 22.8 Å². The lowest BCUT2D eigenvalue weighted by Gasteiger charge is -2.04. The van der Waals surface area contributed by atoms with E-state index in [0.717, 1.165) is 29.4 Å². The number of aromatic hydroxyl groups is 1. The van der Waals surface area contributed by atoms with Crippen LogP contribution in [-0.2, 0) is 19.9 Å². The van der Waals surface area contributed by atoms with Crippen molar-refractivity contribution in [2.75, 3.05) is 0 Å². The SMILES string of the molecule is Cn1nc(-c2ccc(CCc3ccccc3)cc2)c(O)c1-c1nc2ccc(C(=N)N)cc2[nH]1. The van der Waals surface area contributed by atoms with Crippen molar-refractivity contribution < 1.29 is 5.11 Å². The van der Waals surface area contributed by atoms with Crippen molar-refractivity contribution in [1.82, 2.24) is 19.7 Å². The summed E-state index contributed by atoms with van der Waals surface area (Å²) in [4.78, 5) is 7.80. The van der Waals surface area contributed by atoms with Crippen LogP contribution in [0.2, 0.25) is 0 Å². The lowest BCUT2D eigenvalue weighted by Crippen LogP contribution is -2.10. The number of rotatable bonds is 6. The first-order valence-electron chi connectivity index (χ1n) is 10.7. The van der Waals surface area contributed by atoms with Crippen molar-refractivity contribution in [1.29, 1.82) is 5.41 Å². The highest BCUT2D eigenvalue weighted by atomic mass is 16.3. The Balaban J connectivity index is 1.42. The molecule has 7 heteroatoms. The van der Waals surface area contributed by atoms with Crippen molar-refractivity contribution in [2.24, 2.45) is 12.8 Å². The third kappa shape index (κ3) is 3.96. The minimum absolute atomic E-state index is 0.00840. The van der Waals surface area contributed by atoms with Crippen molar-refractivity contribution >= 4 is 16.9 Å². The van der Waals surface area contributed by atoms with Crippen molar-refractivity contribution in [2.45, 2.75) is 12.8 Å². The third-order valence-electron chi connectivity index (χ3n) is 5.81. The molecule has 2 aromatic heterocycles. The number of amidine groups is 1. The highest BCUT2D eigenvalue weighted by molar-refractivity contribution is 5.98. The molecule has 0 aliphatic rings. The summed E-state index contributed by atoms with van der Waals surface area (Å²) in [6, 6.07) is 23.9. The first-order chi connectivity index (χ1) is 16.0. The Morgan fingerprint density at radius 2 is 1.70 bits per heavy atom. The topological polar surface area (TPSA) is 117 Å². The van der Waals surface area contributed by atoms with E-state index < -0.39 is 0 Å². The van der Waals surface area contributed by atoms with Crippen LogP contribution in [0.15, 0.2) is 72.8 Å². The van der Waals surface area contributed by atoms with E-state index in [-0.39, 0.29) is 11.6 Å². The van der Waals surface area contributed by atoms with Crippen LogP contribution >= 0.6 is 0 Å². The van der Waals surface area contributed by atoms with Crippen LogP contribution in [0, 0.1) is 5.41 Å². The molecule has 0 saturated carbocycles. The number of H-pyrrole nitrogens is 1. The Morgan fingerprint density at radius 1 is 1.00 bits per heavy atom. The Bertz CT molecular complexity index is 1450. The fourth-order valence-electron chi connectivity index (χ4n) is 4.02. The number of aromatic nitrogens is 4. The Labute approximate surface area is 191 Å². The van der Waals surface area contributed by atoms with Crippen LogP contribution in [0.4, 0.5) is 0 Å². The minimum atomic E-state index is -0.00840. The predicted octanol–water partition coefficient (Wildman–Crippen LogP) is 4.41. The number of benzene rings is 3. The lowest BCUT2D eigenvalue weighted by molar-refractivity contribution is 0.478. The highest BCUT2D eigenvalue weighted by Gasteiger charge is 2.21. The molecule has 5 aromatic rings. The average molecular weight is 437 g/mol. The molecular formula is C26H24N6O. The highest BCUT2D eigenvalue weighted by Crippen LogP contribution is 2.37. The number of imidazole rings is 1. The number of aryl methyl sites for hydroxylation is 3. The van der Waals surface area contributed by atoms with Crippen molar-refractivity contribution in [3.63, 3.8) is 0 Å². The van der Waals surface area contributed by atoms with Crippen molar-refractivity contribution in [3.05, 3.63) is 89.5 Å². The second-order valence-corrected chi connectivity index (χ2v) is 8.08. The van der Waals surface area contributed by atoms with Gasteiger partial charge in [-0.2, -0.15) is 5.10 Å². The molecule has 0 unspecified atom stereocenters. The smallest absolute Gasteiger partial charge is 0.173 e. The number of hydrogen-bond acceptors (Lipinski definition) is 4. The van der Waals surface area contributed by atoms with Crippen LogP contribution in [-0.4, -0.2) is 30.7 Å². The summed E-state index contributed by atoms with van der Waals surface area (Å²) in [5.74, 6) is 0.565. The standard InChI is InChI=1S/C26H24N6O/c1-32-23(26-29-20-14-13-19(25(27)28)15-21(20)30-26)24(33)22(31-32)18-11-9-17(10-12-18)8-7-16-5-3-2-4-6-16/h2-6,9-15,33H,7-8H2,1H3,(H3,27,28)(H,29,30). The summed E-state index contributed by atoms with van der Waals surface area (Å²) >= 11 is 0. The first kappa shape index (κ1) is 20.5. The Hall–Kier alpha value is -4.39. The van der Waals surface area contributed by atoms with Gasteiger partial charge in [0.15, 0.2) is 11.6 Å². The molecule has 5 N–H and O–H groups in total. The molecule has 0 spiro atoms. The fraction of sp³-hybridized carbons (Fsp3) is 0.115. The number of nitrogens with two attached hydrogens (primary N) is 1. The number of nitrogens with zero attached hydrogens (tertiary/aromatic N) is 3. The molecule has 0 amide bonds. The molecule has 33 heavy (non-hydrogen) atoms. The molecule has 0 aliphatic heterocycles. The monoisotopic (exact) mass is 436 g/mol. The summed E-state index contributed by atoms with van der Waals surface area (Å²) in [6.07, 6.45) is 1.93. The third-order valence-corrected chi connectivity index (χ3v) is 5.81. The van der Waals surface area contributed by atoms with Gasteiger partial charge in [-0.1, -0.05) is 54.6 Å². The van der Waals surface area contributed by atoms with Crippen LogP contribution < -0.4 is 5.73 Å². The number of nitrogen functional groups attached to an aromatic ring is 1. The second-order valence-electron chi connectivity index (χ2n) is 8.08. The quantitative estimate of drug-likeness (QED) is 0.233. The van der Waals surface area contributed by atoms with Gasteiger partial charge in [0.05, 0.1) is 11.0 Å². The zero-order chi connectivity index (χ0) is 22.9. The molecule has 0 aliphatic carbocycles. The Morgan fingerprint density at radius 3 is 2.39 bits per heavy atom. The van der Waals surface area contributed by atoms with Crippen LogP contribution in [0.3, 0.4) is 0 Å². The van der Waals surface area contributed by atoms with Crippen LogP contribution in [0.1, 0.15) is 16.7 Å². The maximum atomic E-state index is 11.0. The molecular weight excluding hydrogens is 412 g/mol. The summed E-state index contributed by atoms with van der Waals surface area (Å²) < 4.78 is 1.62. The zero-order valence-corrected chi connectivity index (χ0v) is 18.2. The van der Waals surface area contributed by atoms with E-state index in [9.17, 15) is 5.11 Å². The number of aromatic amines is 1. The molecule has 0 atom stereocenters. The largest absolute Gasteiger partial charge is 0.504 e. The average Bonchev–Trinajstić information content (AvgIpc) is 3.37. The first-order valence-corrected chi connectivity index (χ1v) is 10.7. The normalized spacial score (nSPS) is 11.2. The summed E-state index contributed by atoms with van der Waals surface area (Å²) in [6.45, 7) is 0. The van der Waals surface area contributed by atoms with E-state index in [1.165, 1.54) is 11.1 Å². The molecule has 2 heterocycles. The van der Waals surface area contributed by atoms with Crippen LogP contribution in [0.25, 0.3) is 33.8 Å². The Kier molecular flexibility index (Phi) is 5.14. The van der Waals surface area contributed by atoms with Gasteiger partial charge in [0, 0.05) is 18.2 Å². The van der Waals surface area contributed by atoms with E-state index in [2.05, 4.69) is 51.5 Å². The van der Waals surface area contributed by atoms with Crippen molar-refractivity contribution in [3.8, 4) is 28.5 Å². The lowest BCUT2D eigenvalue weighted by atomic mass is 10.0. The van der Waals surface area contributed by atoms with Gasteiger partial charge in [-0.3, -0.25) is 10.1 Å². The summed E-state index contributed by atoms with van der Waals surface area (Å²) in [7, 11) is 1.78. The van der Waals surface area contributed by atoms with Gasteiger partial charge in [0.25, 0.3) is 0 Å². The summed E-state index contributed by atoms with van der Waals surface area (Å²) in [5, 5.41) is 23.2. The van der Waals surface area contributed by atoms with Crippen LogP contribution in [0.5, 0.6) is 5.75 Å². The van der Waals surface area contributed by atoms with E-state index in [1.807, 2.05) is 18.2 Å². The van der Waals surface area contributed by atoms with Gasteiger partial charge in [0.2, 0.25) is 0 Å². The molecule has 5 rings (SSSR count). The van der Waals surface area contributed by atoms with E-state index in [1.54, 1.807) is 29.9 Å². The van der Waals surface area contributed by atoms with E-state index >= 15 is 0 Å². The van der Waals surface area contributed by atoms with Gasteiger partial charge in [-0.25, -0.2) is 4.98 Å². The molecule has 0 saturated heterocycles. The number of fused-ring (bicyclic) bond motifs is 1. The maximum Gasteiger partial charge on any atom is 0.173 e. The molecule has 0 bridgehead atoms. The fourth-order valence-corrected chi connectivity index (χ4v) is 4.02. The van der Waals surface area contributed by atoms with Gasteiger partial charge in [-0.05, 0) is 42.2 Å². The zero-order valence-electron chi connectivity index (χ0n) is 18.2. The number of nitrogens with one attached hydrogen (secondary N) is 2. The van der Waals surface area contributed by atoms with Gasteiger partial charge < -0.3 is 15.8 Å². The van der Waals surface area contributed by atoms with Gasteiger partial charge in [0.1, 0.15) is 17.2 Å². The molecule has 3 aromatic carbocycles. The molecule has 0 fully saturated rings. The molecule has 164 valence electrons. The maximum absolute atomic E-state index is 11.0. The summed E-state index contributed by atoms with van der Waals surface area (Å²) in [5.41, 5.74) is 12.1. The molecule has 7 nitrogen and oxygen atoms in total. The predicted molar refractivity (Wildman–Crippen MR) is 130 cm³/mol. The van der Waals surface area contributed by atoms with E-state index in [4.69, 9.17) is 11.1 Å². The number of hydrogen-bond donors (Lipinski definition) is 4. The van der Waals surface area contributed by atoms with Gasteiger partial charge in [-0.15, -0.1) is 0 Å². The molecule has 0 radical (unpaired) electrons. The minimum Gasteiger partial charge on any atom is -0.504 e. The second kappa shape index (κ2) is 8.27.